The Balaban J connectivity index is 1.88. The van der Waals surface area contributed by atoms with Crippen molar-refractivity contribution in [3.8, 4) is 0 Å². The van der Waals surface area contributed by atoms with Crippen LogP contribution < -0.4 is 5.32 Å². The zero-order chi connectivity index (χ0) is 15.9. The molecule has 1 amide bonds. The Kier molecular flexibility index (Phi) is 5.99. The molecule has 2 rings (SSSR count). The van der Waals surface area contributed by atoms with Crippen LogP contribution in [0.3, 0.4) is 0 Å². The van der Waals surface area contributed by atoms with Crippen LogP contribution in [0.2, 0.25) is 0 Å². The molecule has 1 atom stereocenters. The number of benzene rings is 1. The number of carboxylic acid groups (broad SMARTS) is 1. The second-order valence-corrected chi connectivity index (χ2v) is 6.19. The van der Waals surface area contributed by atoms with Gasteiger partial charge in [0, 0.05) is 6.04 Å². The van der Waals surface area contributed by atoms with E-state index in [2.05, 4.69) is 12.2 Å². The van der Waals surface area contributed by atoms with Gasteiger partial charge >= 0.3 is 5.97 Å². The first-order chi connectivity index (χ1) is 10.6. The normalized spacial score (nSPS) is 15.9. The maximum absolute atomic E-state index is 12.2. The fraction of sp³-hybridized carbons (Fsp3) is 0.556. The molecule has 22 heavy (non-hydrogen) atoms. The van der Waals surface area contributed by atoms with E-state index < -0.39 is 5.97 Å². The van der Waals surface area contributed by atoms with E-state index >= 15 is 0 Å². The zero-order valence-electron chi connectivity index (χ0n) is 13.2. The molecule has 1 aromatic rings. The number of nitrogens with one attached hydrogen (secondary N) is 1. The minimum atomic E-state index is -0.944. The van der Waals surface area contributed by atoms with E-state index in [9.17, 15) is 9.59 Å². The molecule has 120 valence electrons. The number of hydrogen-bond acceptors (Lipinski definition) is 2. The summed E-state index contributed by atoms with van der Waals surface area (Å²) in [5.41, 5.74) is 1.10. The average Bonchev–Trinajstić information content (AvgIpc) is 2.43. The van der Waals surface area contributed by atoms with Crippen molar-refractivity contribution in [2.75, 3.05) is 0 Å². The molecule has 1 saturated carbocycles. The molecule has 1 aromatic carbocycles. The summed E-state index contributed by atoms with van der Waals surface area (Å²) in [5, 5.41) is 12.1. The second kappa shape index (κ2) is 7.97. The number of carbonyl (C=O) groups is 2. The summed E-state index contributed by atoms with van der Waals surface area (Å²) >= 11 is 0. The van der Waals surface area contributed by atoms with Gasteiger partial charge in [-0.25, -0.2) is 4.79 Å². The van der Waals surface area contributed by atoms with Gasteiger partial charge in [-0.05, 0) is 42.9 Å². The van der Waals surface area contributed by atoms with Gasteiger partial charge in [-0.1, -0.05) is 38.3 Å². The third-order valence-corrected chi connectivity index (χ3v) is 4.50. The van der Waals surface area contributed by atoms with Crippen molar-refractivity contribution in [1.82, 2.24) is 5.32 Å². The van der Waals surface area contributed by atoms with Gasteiger partial charge in [0.2, 0.25) is 5.91 Å². The first-order valence-corrected chi connectivity index (χ1v) is 8.21. The number of unbranched alkanes of at least 4 members (excludes halogenated alkanes) is 1. The molecule has 0 spiro atoms. The fourth-order valence-corrected chi connectivity index (χ4v) is 2.90. The van der Waals surface area contributed by atoms with Crippen LogP contribution in [0.15, 0.2) is 24.3 Å². The first-order valence-electron chi connectivity index (χ1n) is 8.21. The Labute approximate surface area is 131 Å². The van der Waals surface area contributed by atoms with Gasteiger partial charge in [0.05, 0.1) is 12.0 Å². The van der Waals surface area contributed by atoms with E-state index in [1.165, 1.54) is 19.3 Å². The highest BCUT2D eigenvalue weighted by molar-refractivity contribution is 5.87. The summed E-state index contributed by atoms with van der Waals surface area (Å²) in [6.07, 6.45) is 7.40. The van der Waals surface area contributed by atoms with Gasteiger partial charge in [-0.2, -0.15) is 0 Å². The molecule has 1 aliphatic rings. The fourth-order valence-electron chi connectivity index (χ4n) is 2.90. The van der Waals surface area contributed by atoms with Crippen LogP contribution in [-0.2, 0) is 11.2 Å². The Morgan fingerprint density at radius 1 is 1.27 bits per heavy atom. The van der Waals surface area contributed by atoms with Gasteiger partial charge in [-0.15, -0.1) is 0 Å². The Morgan fingerprint density at radius 3 is 2.45 bits per heavy atom. The Morgan fingerprint density at radius 2 is 1.95 bits per heavy atom. The molecule has 4 heteroatoms. The third-order valence-electron chi connectivity index (χ3n) is 4.50. The lowest BCUT2D eigenvalue weighted by Gasteiger charge is -2.34. The lowest BCUT2D eigenvalue weighted by atomic mass is 9.78. The van der Waals surface area contributed by atoms with E-state index in [1.807, 2.05) is 0 Å². The van der Waals surface area contributed by atoms with Crippen LogP contribution in [0.25, 0.3) is 0 Å². The molecule has 0 aromatic heterocycles. The summed E-state index contributed by atoms with van der Waals surface area (Å²) in [6.45, 7) is 2.17. The predicted molar refractivity (Wildman–Crippen MR) is 85.9 cm³/mol. The second-order valence-electron chi connectivity index (χ2n) is 6.19. The smallest absolute Gasteiger partial charge is 0.335 e. The molecule has 2 N–H and O–H groups in total. The molecule has 0 bridgehead atoms. The van der Waals surface area contributed by atoms with Crippen molar-refractivity contribution in [2.45, 2.75) is 57.9 Å². The first kappa shape index (κ1) is 16.5. The number of carbonyl (C=O) groups excluding carboxylic acids is 1. The molecule has 0 radical (unpaired) electrons. The minimum Gasteiger partial charge on any atom is -0.478 e. The monoisotopic (exact) mass is 303 g/mol. The Hall–Kier alpha value is -1.84. The topological polar surface area (TPSA) is 66.4 Å². The quantitative estimate of drug-likeness (QED) is 0.773. The summed E-state index contributed by atoms with van der Waals surface area (Å²) in [5.74, 6) is -0.262. The molecule has 1 fully saturated rings. The molecule has 0 heterocycles. The Bertz CT molecular complexity index is 506. The molecular weight excluding hydrogens is 278 g/mol. The van der Waals surface area contributed by atoms with Gasteiger partial charge < -0.3 is 10.4 Å². The lowest BCUT2D eigenvalue weighted by molar-refractivity contribution is -0.121. The highest BCUT2D eigenvalue weighted by Gasteiger charge is 2.27. The molecule has 4 nitrogen and oxygen atoms in total. The molecule has 1 unspecified atom stereocenters. The van der Waals surface area contributed by atoms with Crippen LogP contribution in [0.5, 0.6) is 0 Å². The van der Waals surface area contributed by atoms with Crippen molar-refractivity contribution >= 4 is 11.9 Å². The van der Waals surface area contributed by atoms with Crippen molar-refractivity contribution in [3.05, 3.63) is 35.4 Å². The summed E-state index contributed by atoms with van der Waals surface area (Å²) in [4.78, 5) is 23.0. The van der Waals surface area contributed by atoms with Crippen LogP contribution in [0.1, 0.15) is 61.4 Å². The van der Waals surface area contributed by atoms with Gasteiger partial charge in [0.1, 0.15) is 0 Å². The number of aromatic carboxylic acids is 1. The molecule has 1 aliphatic carbocycles. The molecule has 0 saturated heterocycles. The zero-order valence-corrected chi connectivity index (χ0v) is 13.2. The standard InChI is InChI=1S/C18H25NO3/c1-2-3-7-16(14-5-4-6-14)19-17(20)12-13-8-10-15(11-9-13)18(21)22/h8-11,14,16H,2-7,12H2,1H3,(H,19,20)(H,21,22). The van der Waals surface area contributed by atoms with Crippen LogP contribution >= 0.6 is 0 Å². The van der Waals surface area contributed by atoms with Crippen molar-refractivity contribution in [3.63, 3.8) is 0 Å². The number of amides is 1. The van der Waals surface area contributed by atoms with Gasteiger partial charge in [0.15, 0.2) is 0 Å². The number of carboxylic acids is 1. The maximum atomic E-state index is 12.2. The summed E-state index contributed by atoms with van der Waals surface area (Å²) < 4.78 is 0. The van der Waals surface area contributed by atoms with Crippen LogP contribution in [0, 0.1) is 5.92 Å². The predicted octanol–water partition coefficient (Wildman–Crippen LogP) is 3.40. The SMILES string of the molecule is CCCCC(NC(=O)Cc1ccc(C(=O)O)cc1)C1CCC1. The number of hydrogen-bond donors (Lipinski definition) is 2. The third kappa shape index (κ3) is 4.58. The average molecular weight is 303 g/mol. The van der Waals surface area contributed by atoms with Crippen molar-refractivity contribution in [1.29, 1.82) is 0 Å². The summed E-state index contributed by atoms with van der Waals surface area (Å²) in [7, 11) is 0. The van der Waals surface area contributed by atoms with Crippen molar-refractivity contribution < 1.29 is 14.7 Å². The van der Waals surface area contributed by atoms with Crippen molar-refractivity contribution in [2.24, 2.45) is 5.92 Å². The van der Waals surface area contributed by atoms with E-state index in [-0.39, 0.29) is 11.5 Å². The lowest BCUT2D eigenvalue weighted by Crippen LogP contribution is -2.43. The minimum absolute atomic E-state index is 0.0380. The highest BCUT2D eigenvalue weighted by atomic mass is 16.4. The van der Waals surface area contributed by atoms with E-state index in [4.69, 9.17) is 5.11 Å². The maximum Gasteiger partial charge on any atom is 0.335 e. The van der Waals surface area contributed by atoms with Gasteiger partial charge in [-0.3, -0.25) is 4.79 Å². The highest BCUT2D eigenvalue weighted by Crippen LogP contribution is 2.31. The molecule has 0 aliphatic heterocycles. The number of rotatable bonds is 8. The molecular formula is C18H25NO3. The van der Waals surface area contributed by atoms with E-state index in [0.717, 1.165) is 24.8 Å². The van der Waals surface area contributed by atoms with Crippen LogP contribution in [-0.4, -0.2) is 23.0 Å². The largest absolute Gasteiger partial charge is 0.478 e. The van der Waals surface area contributed by atoms with Gasteiger partial charge in [0.25, 0.3) is 0 Å². The van der Waals surface area contributed by atoms with Crippen LogP contribution in [0.4, 0.5) is 0 Å². The summed E-state index contributed by atoms with van der Waals surface area (Å²) in [6, 6.07) is 6.83. The van der Waals surface area contributed by atoms with E-state index in [0.29, 0.717) is 18.4 Å². The van der Waals surface area contributed by atoms with E-state index in [1.54, 1.807) is 24.3 Å².